The molecule has 0 amide bonds. The Labute approximate surface area is 522 Å². The predicted octanol–water partition coefficient (Wildman–Crippen LogP) is 16.7. The van der Waals surface area contributed by atoms with Crippen molar-refractivity contribution < 1.29 is 43.4 Å². The van der Waals surface area contributed by atoms with Gasteiger partial charge in [0.25, 0.3) is 0 Å². The minimum atomic E-state index is -2.73. The van der Waals surface area contributed by atoms with Crippen molar-refractivity contribution in [2.24, 2.45) is 41.1 Å². The first-order chi connectivity index (χ1) is 45.5. The van der Waals surface area contributed by atoms with Gasteiger partial charge in [0.05, 0.1) is 0 Å². The van der Waals surface area contributed by atoms with E-state index in [1.807, 2.05) is 134 Å². The molecule has 0 aliphatic carbocycles. The van der Waals surface area contributed by atoms with Gasteiger partial charge in [0.15, 0.2) is 31.0 Å². The number of hydrogen-bond acceptors (Lipinski definition) is 0. The summed E-state index contributed by atoms with van der Waals surface area (Å²) in [6.45, 7) is 11.8. The zero-order valence-electron chi connectivity index (χ0n) is 66.5. The Bertz CT molecular complexity index is 4360. The summed E-state index contributed by atoms with van der Waals surface area (Å²) in [5.74, 6) is -3.28. The number of rotatable bonds is 10. The van der Waals surface area contributed by atoms with Crippen LogP contribution in [0, 0.1) is 47.4 Å². The van der Waals surface area contributed by atoms with Crippen molar-refractivity contribution >= 4 is 0 Å². The summed E-state index contributed by atoms with van der Waals surface area (Å²) in [5, 5.41) is 0. The van der Waals surface area contributed by atoms with E-state index < -0.39 is 45.1 Å². The summed E-state index contributed by atoms with van der Waals surface area (Å²) < 4.78 is 126. The second kappa shape index (κ2) is 30.8. The Morgan fingerprint density at radius 3 is 1.41 bits per heavy atom. The highest BCUT2D eigenvalue weighted by Crippen LogP contribution is 2.27. The van der Waals surface area contributed by atoms with Crippen LogP contribution in [-0.4, -0.2) is 0 Å². The number of hydrogen-bond donors (Lipinski definition) is 0. The Balaban J connectivity index is 0.000000195. The third-order valence-electron chi connectivity index (χ3n) is 14.5. The lowest BCUT2D eigenvalue weighted by Crippen LogP contribution is -2.32. The SMILES string of the molecule is Cc1ccc(C)c(-c2cccc[n+]2C)c1.Cc1ccccc1-c1cc(C)c(C(C)C)c[n+]1C.[2H]C([2H])([2H])C([2H])(C)C([2H])([2H])c1ccc(-c2cccc[n+]2C)c(C)c1.[2H]C([2H])([2H])C([2H])(C)c1ccc(-c2cccc[n+]2C)c(C)c1.[2H]C([2H])([2H])C([2H])([2H])c1ccc(-c2cccc[n+]2C)cc1. The second-order valence-electron chi connectivity index (χ2n) is 21.6. The molecule has 428 valence electrons. The Morgan fingerprint density at radius 1 is 0.410 bits per heavy atom. The van der Waals surface area contributed by atoms with Crippen molar-refractivity contribution in [1.29, 1.82) is 0 Å². The molecular weight excluding hydrogens is 1010 g/mol. The zero-order chi connectivity index (χ0) is 73.3. The third-order valence-corrected chi connectivity index (χ3v) is 14.5. The van der Waals surface area contributed by atoms with Gasteiger partial charge in [-0.2, -0.15) is 0 Å². The van der Waals surface area contributed by atoms with E-state index in [1.165, 1.54) is 69.4 Å². The average molecular weight is 1120 g/mol. The van der Waals surface area contributed by atoms with Crippen molar-refractivity contribution in [2.75, 3.05) is 0 Å². The van der Waals surface area contributed by atoms with E-state index in [4.69, 9.17) is 20.6 Å². The van der Waals surface area contributed by atoms with Crippen LogP contribution in [0.4, 0.5) is 0 Å². The van der Waals surface area contributed by atoms with Crippen LogP contribution in [0.25, 0.3) is 56.3 Å². The van der Waals surface area contributed by atoms with E-state index in [0.29, 0.717) is 11.5 Å². The predicted molar refractivity (Wildman–Crippen MR) is 350 cm³/mol. The van der Waals surface area contributed by atoms with E-state index in [0.717, 1.165) is 51.8 Å². The smallest absolute Gasteiger partial charge is 0.201 e. The largest absolute Gasteiger partial charge is 0.212 e. The molecule has 0 saturated heterocycles. The maximum atomic E-state index is 8.25. The normalized spacial score (nSPS) is 15.6. The lowest BCUT2D eigenvalue weighted by molar-refractivity contribution is -0.661. The molecule has 5 heteroatoms. The van der Waals surface area contributed by atoms with Gasteiger partial charge in [0.1, 0.15) is 35.2 Å². The van der Waals surface area contributed by atoms with Crippen LogP contribution in [0.5, 0.6) is 0 Å². The van der Waals surface area contributed by atoms with E-state index in [9.17, 15) is 0 Å². The Kier molecular flexibility index (Phi) is 16.8. The molecule has 0 radical (unpaired) electrons. The lowest BCUT2D eigenvalue weighted by atomic mass is 9.96. The van der Waals surface area contributed by atoms with Crippen molar-refractivity contribution in [3.63, 3.8) is 0 Å². The van der Waals surface area contributed by atoms with Crippen LogP contribution in [0.2, 0.25) is 0 Å². The fraction of sp³-hybridized carbons (Fsp3) is 0.295. The number of nitrogens with zero attached hydrogens (tertiary/aromatic N) is 5. The van der Waals surface area contributed by atoms with Crippen LogP contribution < -0.4 is 22.8 Å². The summed E-state index contributed by atoms with van der Waals surface area (Å²) >= 11 is 0. The molecule has 0 saturated carbocycles. The first kappa shape index (κ1) is 45.4. The van der Waals surface area contributed by atoms with Crippen LogP contribution in [-0.2, 0) is 48.0 Å². The fourth-order valence-electron chi connectivity index (χ4n) is 9.90. The molecule has 0 spiro atoms. The minimum absolute atomic E-state index is 0.167. The van der Waals surface area contributed by atoms with Crippen molar-refractivity contribution in [3.05, 3.63) is 269 Å². The molecule has 0 aliphatic rings. The van der Waals surface area contributed by atoms with Crippen LogP contribution in [0.1, 0.15) is 136 Å². The molecule has 5 nitrogen and oxygen atoms in total. The molecule has 83 heavy (non-hydrogen) atoms. The van der Waals surface area contributed by atoms with Crippen molar-refractivity contribution in [2.45, 2.75) is 114 Å². The molecule has 10 aromatic rings. The minimum Gasteiger partial charge on any atom is -0.201 e. The van der Waals surface area contributed by atoms with Crippen molar-refractivity contribution in [3.8, 4) is 56.3 Å². The summed E-state index contributed by atoms with van der Waals surface area (Å²) in [6, 6.07) is 58.3. The van der Waals surface area contributed by atoms with Gasteiger partial charge in [-0.25, -0.2) is 22.8 Å². The first-order valence-corrected chi connectivity index (χ1v) is 28.2. The molecule has 5 aromatic heterocycles. The van der Waals surface area contributed by atoms with Gasteiger partial charge in [0, 0.05) is 109 Å². The summed E-state index contributed by atoms with van der Waals surface area (Å²) in [5.41, 5.74) is 20.5. The monoisotopic (exact) mass is 1120 g/mol. The lowest BCUT2D eigenvalue weighted by Gasteiger charge is -2.11. The maximum absolute atomic E-state index is 8.25. The molecule has 0 aliphatic heterocycles. The van der Waals surface area contributed by atoms with Gasteiger partial charge in [-0.15, -0.1) is 0 Å². The standard InChI is InChI=1S/2C17H22N.C16H20N.2C14H16N/c1-12(2)16-11-18(5)17(10-14(16)4)15-9-7-6-8-13(15)3;1-13(2)11-15-8-9-16(14(3)12-15)17-7-5-6-10-18(17)4;1-12(2)14-8-9-15(13(3)11-14)16-7-5-6-10-17(16)4;1-11-7-8-12(2)13(10-11)14-6-4-5-9-15(14)3;1-3-12-7-9-13(10-8-12)14-6-4-5-11-15(14)2/h6-12H,1-5H3;5-10,12-13H,11H2,1-4H3;5-12H,1-4H3;4-10H,1-3H3;4-11H,3H2,1-2H3/q5*+1/i;1D3,11D2,13D;1D3,12D;;1D3,3D2. The molecule has 5 aromatic carbocycles. The molecule has 0 bridgehead atoms. The third kappa shape index (κ3) is 17.9. The van der Waals surface area contributed by atoms with Gasteiger partial charge in [0.2, 0.25) is 28.5 Å². The van der Waals surface area contributed by atoms with E-state index in [2.05, 4.69) is 144 Å². The first-order valence-electron chi connectivity index (χ1n) is 35.7. The summed E-state index contributed by atoms with van der Waals surface area (Å²) in [6.07, 6.45) is 5.52. The van der Waals surface area contributed by atoms with Gasteiger partial charge in [-0.05, 0) is 177 Å². The zero-order valence-corrected chi connectivity index (χ0v) is 51.5. The quantitative estimate of drug-likeness (QED) is 0.122. The van der Waals surface area contributed by atoms with Crippen LogP contribution in [0.3, 0.4) is 0 Å². The highest BCUT2D eigenvalue weighted by atomic mass is 14.9. The molecule has 2 unspecified atom stereocenters. The topological polar surface area (TPSA) is 19.4 Å². The molecule has 2 atom stereocenters. The van der Waals surface area contributed by atoms with E-state index in [1.54, 1.807) is 36.4 Å². The molecular formula is C78H96N5+5. The van der Waals surface area contributed by atoms with Gasteiger partial charge in [-0.3, -0.25) is 0 Å². The van der Waals surface area contributed by atoms with Gasteiger partial charge >= 0.3 is 0 Å². The summed E-state index contributed by atoms with van der Waals surface area (Å²) in [7, 11) is 10.0. The van der Waals surface area contributed by atoms with Crippen LogP contribution >= 0.6 is 0 Å². The van der Waals surface area contributed by atoms with Gasteiger partial charge < -0.3 is 0 Å². The fourth-order valence-corrected chi connectivity index (χ4v) is 9.90. The average Bonchev–Trinajstić information content (AvgIpc) is 0.756. The second-order valence-corrected chi connectivity index (χ2v) is 21.6. The number of benzene rings is 5. The molecule has 0 fully saturated rings. The van der Waals surface area contributed by atoms with Gasteiger partial charge in [-0.1, -0.05) is 121 Å². The number of pyridine rings is 5. The Hall–Kier alpha value is -8.15. The van der Waals surface area contributed by atoms with Crippen molar-refractivity contribution in [1.82, 2.24) is 0 Å². The maximum Gasteiger partial charge on any atom is 0.212 e. The Morgan fingerprint density at radius 2 is 0.904 bits per heavy atom. The number of aromatic nitrogens is 5. The number of aryl methyl sites for hydroxylation is 12. The molecule has 0 N–H and O–H groups in total. The highest BCUT2D eigenvalue weighted by molar-refractivity contribution is 5.64. The summed E-state index contributed by atoms with van der Waals surface area (Å²) in [4.78, 5) is 0. The van der Waals surface area contributed by atoms with Crippen LogP contribution in [0.15, 0.2) is 213 Å². The molecule has 10 rings (SSSR count). The highest BCUT2D eigenvalue weighted by Gasteiger charge is 2.18. The van der Waals surface area contributed by atoms with E-state index in [-0.39, 0.29) is 11.1 Å². The molecule has 5 heterocycles. The van der Waals surface area contributed by atoms with E-state index >= 15 is 0 Å².